The van der Waals surface area contributed by atoms with Gasteiger partial charge in [-0.15, -0.1) is 0 Å². The number of nitrogens with zero attached hydrogens (tertiary/aromatic N) is 3. The van der Waals surface area contributed by atoms with Crippen molar-refractivity contribution in [1.29, 1.82) is 0 Å². The maximum Gasteiger partial charge on any atom is 0.272 e. The average molecular weight is 761 g/mol. The Kier molecular flexibility index (Phi) is 12.9. The minimum atomic E-state index is -0.589. The zero-order chi connectivity index (χ0) is 33.0. The van der Waals surface area contributed by atoms with Crippen molar-refractivity contribution in [1.82, 2.24) is 19.9 Å². The predicted molar refractivity (Wildman–Crippen MR) is 191 cm³/mol. The highest BCUT2D eigenvalue weighted by molar-refractivity contribution is 7.99. The van der Waals surface area contributed by atoms with E-state index in [-0.39, 0.29) is 43.9 Å². The number of H-pyrrole nitrogens is 3. The Morgan fingerprint density at radius 1 is 0.696 bits per heavy atom. The van der Waals surface area contributed by atoms with Crippen LogP contribution in [0.15, 0.2) is 70.7 Å². The molecule has 2 aromatic heterocycles. The lowest BCUT2D eigenvalue weighted by atomic mass is 10.2. The largest absolute Gasteiger partial charge is 0.333 e. The maximum atomic E-state index is 10.8. The molecular formula is C29H23Cl5N6O4S2. The molecule has 0 unspecified atom stereocenters. The van der Waals surface area contributed by atoms with Crippen molar-refractivity contribution in [2.45, 2.75) is 31.3 Å². The Balaban J connectivity index is 0.000000203. The second kappa shape index (κ2) is 16.0. The fourth-order valence-corrected chi connectivity index (χ4v) is 6.11. The molecule has 0 aliphatic carbocycles. The Hall–Kier alpha value is -3.36. The van der Waals surface area contributed by atoms with Gasteiger partial charge in [-0.2, -0.15) is 0 Å². The molecule has 0 spiro atoms. The number of nitro groups is 2. The molecule has 46 heavy (non-hydrogen) atoms. The summed E-state index contributed by atoms with van der Waals surface area (Å²) in [6, 6.07) is 16.9. The Bertz CT molecular complexity index is 2090. The first-order chi connectivity index (χ1) is 21.2. The third-order valence-corrected chi connectivity index (χ3v) is 9.11. The number of rotatable bonds is 4. The summed E-state index contributed by atoms with van der Waals surface area (Å²) in [6.45, 7) is 4.06. The van der Waals surface area contributed by atoms with Gasteiger partial charge in [-0.3, -0.25) is 20.2 Å². The van der Waals surface area contributed by atoms with Gasteiger partial charge in [0.2, 0.25) is 0 Å². The van der Waals surface area contributed by atoms with Gasteiger partial charge < -0.3 is 15.0 Å². The van der Waals surface area contributed by atoms with Gasteiger partial charge in [-0.25, -0.2) is 4.98 Å². The molecule has 6 aromatic rings. The van der Waals surface area contributed by atoms with E-state index >= 15 is 0 Å². The lowest BCUT2D eigenvalue weighted by Crippen LogP contribution is -1.89. The van der Waals surface area contributed by atoms with Gasteiger partial charge in [0.15, 0.2) is 9.93 Å². The molecule has 0 aliphatic rings. The van der Waals surface area contributed by atoms with Crippen LogP contribution in [0.25, 0.3) is 22.1 Å². The summed E-state index contributed by atoms with van der Waals surface area (Å²) in [4.78, 5) is 34.2. The van der Waals surface area contributed by atoms with Gasteiger partial charge in [-0.1, -0.05) is 77.6 Å². The van der Waals surface area contributed by atoms with Crippen molar-refractivity contribution in [2.75, 3.05) is 0 Å². The number of hydrogen-bond donors (Lipinski definition) is 3. The number of non-ortho nitro benzene ring substituents is 2. The minimum absolute atomic E-state index is 0. The Morgan fingerprint density at radius 3 is 1.72 bits per heavy atom. The average Bonchev–Trinajstić information content (AvgIpc) is 3.54. The number of hydrogen-bond acceptors (Lipinski definition) is 7. The third-order valence-electron chi connectivity index (χ3n) is 5.86. The molecule has 3 N–H and O–H groups in total. The molecule has 0 amide bonds. The lowest BCUT2D eigenvalue weighted by Gasteiger charge is -2.04. The summed E-state index contributed by atoms with van der Waals surface area (Å²) >= 11 is 35.0. The molecule has 10 nitrogen and oxygen atoms in total. The zero-order valence-electron chi connectivity index (χ0n) is 23.0. The van der Waals surface area contributed by atoms with E-state index < -0.39 is 9.85 Å². The number of aromatic amines is 3. The highest BCUT2D eigenvalue weighted by atomic mass is 35.5. The van der Waals surface area contributed by atoms with E-state index in [9.17, 15) is 20.2 Å². The van der Waals surface area contributed by atoms with Gasteiger partial charge in [-0.05, 0) is 73.2 Å². The van der Waals surface area contributed by atoms with Crippen LogP contribution < -0.4 is 0 Å². The molecule has 17 heteroatoms. The summed E-state index contributed by atoms with van der Waals surface area (Å²) in [7, 11) is 0. The van der Waals surface area contributed by atoms with Crippen LogP contribution in [-0.2, 0) is 0 Å². The number of imidazole rings is 2. The predicted octanol–water partition coefficient (Wildman–Crippen LogP) is 12.0. The Labute approximate surface area is 296 Å². The monoisotopic (exact) mass is 758 g/mol. The van der Waals surface area contributed by atoms with E-state index in [0.29, 0.717) is 14.8 Å². The van der Waals surface area contributed by atoms with Crippen LogP contribution in [0.1, 0.15) is 18.6 Å². The standard InChI is InChI=1S/C14H9Cl2N3O2S.C8H8N2S.C6H2Cl3NO2.CH4/c1-7-2-3-11-12(4-7)18-14(17-11)22-13-9(15)5-8(19(20)21)6-10(13)16;1-5-2-3-6-7(4-5)10-8(11)9-6;7-4-1-3(10(11)12)2-5(8)6(4)9;/h2-6H,1H3,(H,17,18);2-4H,1H3,(H2,9,10,11);1-2H;1H4. The first-order valence-corrected chi connectivity index (χ1v) is 15.6. The van der Waals surface area contributed by atoms with E-state index in [2.05, 4.69) is 39.0 Å². The van der Waals surface area contributed by atoms with Gasteiger partial charge in [0.25, 0.3) is 11.4 Å². The summed E-state index contributed by atoms with van der Waals surface area (Å²) in [5.74, 6) is 0. The van der Waals surface area contributed by atoms with Gasteiger partial charge >= 0.3 is 0 Å². The zero-order valence-corrected chi connectivity index (χ0v) is 28.4. The fraction of sp³-hybridized carbons (Fsp3) is 0.103. The summed E-state index contributed by atoms with van der Waals surface area (Å²) in [6.07, 6.45) is 0. The highest BCUT2D eigenvalue weighted by Crippen LogP contribution is 2.40. The second-order valence-electron chi connectivity index (χ2n) is 9.27. The molecule has 0 fully saturated rings. The van der Waals surface area contributed by atoms with Gasteiger partial charge in [0.05, 0.1) is 61.9 Å². The van der Waals surface area contributed by atoms with E-state index in [1.54, 1.807) is 0 Å². The normalized spacial score (nSPS) is 10.4. The summed E-state index contributed by atoms with van der Waals surface area (Å²) in [5.41, 5.74) is 5.95. The van der Waals surface area contributed by atoms with Gasteiger partial charge in [0, 0.05) is 24.3 Å². The number of nitrogens with one attached hydrogen (secondary N) is 3. The number of nitro benzene ring substituents is 2. The Morgan fingerprint density at radius 2 is 1.17 bits per heavy atom. The number of aryl methyl sites for hydroxylation is 2. The van der Waals surface area contributed by atoms with E-state index in [0.717, 1.165) is 39.8 Å². The lowest BCUT2D eigenvalue weighted by molar-refractivity contribution is -0.385. The van der Waals surface area contributed by atoms with Crippen LogP contribution in [0.3, 0.4) is 0 Å². The molecule has 0 saturated carbocycles. The third kappa shape index (κ3) is 9.35. The SMILES string of the molecule is C.Cc1ccc2[nH]c(=S)[nH]c2c1.Cc1ccc2nc(Sc3c(Cl)cc([N+](=O)[O-])cc3Cl)[nH]c2c1.O=[N+]([O-])c1cc(Cl)c(Cl)c(Cl)c1. The van der Waals surface area contributed by atoms with Crippen LogP contribution in [-0.4, -0.2) is 29.8 Å². The molecule has 0 aliphatic heterocycles. The van der Waals surface area contributed by atoms with Gasteiger partial charge in [0.1, 0.15) is 0 Å². The molecule has 0 saturated heterocycles. The molecule has 0 atom stereocenters. The molecule has 4 aromatic carbocycles. The van der Waals surface area contributed by atoms with E-state index in [4.69, 9.17) is 70.2 Å². The van der Waals surface area contributed by atoms with Crippen LogP contribution in [0.4, 0.5) is 11.4 Å². The highest BCUT2D eigenvalue weighted by Gasteiger charge is 2.17. The molecule has 0 radical (unpaired) electrons. The maximum absolute atomic E-state index is 10.8. The fourth-order valence-electron chi connectivity index (χ4n) is 3.79. The number of benzene rings is 4. The van der Waals surface area contributed by atoms with Crippen LogP contribution in [0.5, 0.6) is 0 Å². The van der Waals surface area contributed by atoms with Crippen LogP contribution in [0.2, 0.25) is 25.1 Å². The van der Waals surface area contributed by atoms with Crippen molar-refractivity contribution in [3.63, 3.8) is 0 Å². The molecule has 0 bridgehead atoms. The van der Waals surface area contributed by atoms with Crippen molar-refractivity contribution < 1.29 is 9.85 Å². The van der Waals surface area contributed by atoms with Crippen molar-refractivity contribution in [3.8, 4) is 0 Å². The summed E-state index contributed by atoms with van der Waals surface area (Å²) in [5, 5.41) is 22.4. The van der Waals surface area contributed by atoms with Crippen molar-refractivity contribution in [2.24, 2.45) is 0 Å². The minimum Gasteiger partial charge on any atom is -0.333 e. The van der Waals surface area contributed by atoms with Crippen LogP contribution in [0, 0.1) is 38.8 Å². The molecular weight excluding hydrogens is 738 g/mol. The smallest absolute Gasteiger partial charge is 0.272 e. The number of fused-ring (bicyclic) bond motifs is 2. The van der Waals surface area contributed by atoms with Crippen LogP contribution >= 0.6 is 82.0 Å². The van der Waals surface area contributed by atoms with Crippen molar-refractivity contribution >= 4 is 115 Å². The quantitative estimate of drug-likeness (QED) is 0.0701. The van der Waals surface area contributed by atoms with E-state index in [1.807, 2.05) is 31.2 Å². The molecule has 240 valence electrons. The second-order valence-corrected chi connectivity index (χ2v) is 12.7. The van der Waals surface area contributed by atoms with Crippen molar-refractivity contribution in [3.05, 3.63) is 122 Å². The topological polar surface area (TPSA) is 147 Å². The number of halogens is 5. The van der Waals surface area contributed by atoms with E-state index in [1.165, 1.54) is 29.5 Å². The summed E-state index contributed by atoms with van der Waals surface area (Å²) < 4.78 is 0.686. The number of aromatic nitrogens is 4. The first kappa shape index (κ1) is 37.1. The molecule has 2 heterocycles. The molecule has 6 rings (SSSR count). The first-order valence-electron chi connectivity index (χ1n) is 12.5.